The zero-order valence-electron chi connectivity index (χ0n) is 15.0. The van der Waals surface area contributed by atoms with Crippen molar-refractivity contribution in [1.29, 1.82) is 10.5 Å². The summed E-state index contributed by atoms with van der Waals surface area (Å²) >= 11 is 1.31. The van der Waals surface area contributed by atoms with Gasteiger partial charge in [0.05, 0.1) is 42.5 Å². The second kappa shape index (κ2) is 9.54. The predicted molar refractivity (Wildman–Crippen MR) is 105 cm³/mol. The Morgan fingerprint density at radius 2 is 1.82 bits per heavy atom. The van der Waals surface area contributed by atoms with E-state index in [1.165, 1.54) is 11.8 Å². The number of fused-ring (bicyclic) bond motifs is 1. The van der Waals surface area contributed by atoms with Crippen LogP contribution >= 0.6 is 11.8 Å². The fraction of sp³-hybridized carbons (Fsp3) is 0.250. The van der Waals surface area contributed by atoms with Crippen LogP contribution in [0, 0.1) is 22.7 Å². The van der Waals surface area contributed by atoms with Crippen molar-refractivity contribution < 1.29 is 9.21 Å². The van der Waals surface area contributed by atoms with Gasteiger partial charge in [-0.15, -0.1) is 0 Å². The number of benzene rings is 1. The Labute approximate surface area is 166 Å². The first-order chi connectivity index (χ1) is 13.7. The summed E-state index contributed by atoms with van der Waals surface area (Å²) in [4.78, 5) is 23.3. The molecule has 7 nitrogen and oxygen atoms in total. The van der Waals surface area contributed by atoms with Crippen molar-refractivity contribution in [3.8, 4) is 23.7 Å². The van der Waals surface area contributed by atoms with Gasteiger partial charge in [-0.25, -0.2) is 9.97 Å². The van der Waals surface area contributed by atoms with Gasteiger partial charge in [0.1, 0.15) is 5.03 Å². The zero-order valence-corrected chi connectivity index (χ0v) is 15.9. The number of carbonyl (C=O) groups excluding carboxylic acids is 1. The Bertz CT molecular complexity index is 1020. The minimum atomic E-state index is -0.127. The molecule has 0 radical (unpaired) electrons. The van der Waals surface area contributed by atoms with Crippen LogP contribution in [0.2, 0.25) is 0 Å². The molecule has 8 heteroatoms. The van der Waals surface area contributed by atoms with Crippen molar-refractivity contribution in [2.24, 2.45) is 0 Å². The van der Waals surface area contributed by atoms with E-state index < -0.39 is 0 Å². The molecule has 3 rings (SSSR count). The molecule has 3 aromatic rings. The number of aromatic nitrogens is 2. The van der Waals surface area contributed by atoms with E-state index in [-0.39, 0.29) is 24.5 Å². The summed E-state index contributed by atoms with van der Waals surface area (Å²) in [6.45, 7) is 0.638. The Kier molecular flexibility index (Phi) is 6.61. The van der Waals surface area contributed by atoms with Crippen LogP contribution in [0.5, 0.6) is 0 Å². The van der Waals surface area contributed by atoms with E-state index in [9.17, 15) is 4.79 Å². The van der Waals surface area contributed by atoms with Crippen molar-refractivity contribution in [2.45, 2.75) is 17.9 Å². The Morgan fingerprint density at radius 1 is 1.07 bits per heavy atom. The molecular formula is C20H17N5O2S. The summed E-state index contributed by atoms with van der Waals surface area (Å²) in [6.07, 6.45) is 2.04. The van der Waals surface area contributed by atoms with E-state index in [4.69, 9.17) is 14.9 Å². The first-order valence-electron chi connectivity index (χ1n) is 8.68. The van der Waals surface area contributed by atoms with E-state index in [2.05, 4.69) is 9.97 Å². The highest BCUT2D eigenvalue weighted by atomic mass is 32.2. The predicted octanol–water partition coefficient (Wildman–Crippen LogP) is 3.64. The quantitative estimate of drug-likeness (QED) is 0.426. The van der Waals surface area contributed by atoms with Crippen LogP contribution in [-0.4, -0.2) is 39.6 Å². The van der Waals surface area contributed by atoms with Gasteiger partial charge in [-0.1, -0.05) is 30.0 Å². The summed E-state index contributed by atoms with van der Waals surface area (Å²) in [6, 6.07) is 15.2. The lowest BCUT2D eigenvalue weighted by atomic mass is 10.2. The lowest BCUT2D eigenvalue weighted by Gasteiger charge is -2.20. The highest BCUT2D eigenvalue weighted by Crippen LogP contribution is 2.28. The van der Waals surface area contributed by atoms with Gasteiger partial charge in [0, 0.05) is 18.5 Å². The Morgan fingerprint density at radius 3 is 2.50 bits per heavy atom. The highest BCUT2D eigenvalue weighted by Gasteiger charge is 2.16. The molecule has 1 aromatic carbocycles. The van der Waals surface area contributed by atoms with Crippen molar-refractivity contribution in [2.75, 3.05) is 18.8 Å². The fourth-order valence-corrected chi connectivity index (χ4v) is 3.55. The van der Waals surface area contributed by atoms with Crippen LogP contribution < -0.4 is 0 Å². The average molecular weight is 391 g/mol. The molecule has 2 aromatic heterocycles. The second-order valence-corrected chi connectivity index (χ2v) is 6.80. The lowest BCUT2D eigenvalue weighted by Crippen LogP contribution is -2.34. The average Bonchev–Trinajstić information content (AvgIpc) is 3.26. The SMILES string of the molecule is N#CCCN(CCC#N)C(=O)CSc1nc(-c2ccco2)nc2ccccc12. The number of furan rings is 1. The Hall–Kier alpha value is -3.36. The molecule has 0 unspecified atom stereocenters. The maximum absolute atomic E-state index is 12.6. The summed E-state index contributed by atoms with van der Waals surface area (Å²) in [5.41, 5.74) is 0.768. The molecule has 1 amide bonds. The molecule has 0 aliphatic rings. The standard InChI is InChI=1S/C20H17N5O2S/c21-9-4-11-25(12-5-10-22)18(26)14-28-20-15-6-1-2-7-16(15)23-19(24-20)17-8-3-13-27-17/h1-3,6-8,13H,4-5,11-12,14H2. The monoisotopic (exact) mass is 391 g/mol. The second-order valence-electron chi connectivity index (χ2n) is 5.83. The van der Waals surface area contributed by atoms with E-state index >= 15 is 0 Å². The third kappa shape index (κ3) is 4.67. The van der Waals surface area contributed by atoms with E-state index in [1.54, 1.807) is 23.3 Å². The van der Waals surface area contributed by atoms with Crippen LogP contribution in [0.4, 0.5) is 0 Å². The first kappa shape index (κ1) is 19.4. The Balaban J connectivity index is 1.82. The van der Waals surface area contributed by atoms with E-state index in [0.717, 1.165) is 10.9 Å². The van der Waals surface area contributed by atoms with Crippen LogP contribution in [0.1, 0.15) is 12.8 Å². The molecular weight excluding hydrogens is 374 g/mol. The van der Waals surface area contributed by atoms with Crippen LogP contribution in [-0.2, 0) is 4.79 Å². The molecule has 28 heavy (non-hydrogen) atoms. The summed E-state index contributed by atoms with van der Waals surface area (Å²) < 4.78 is 5.41. The number of nitrogens with zero attached hydrogens (tertiary/aromatic N) is 5. The van der Waals surface area contributed by atoms with Gasteiger partial charge in [0.2, 0.25) is 5.91 Å². The number of para-hydroxylation sites is 1. The number of hydrogen-bond donors (Lipinski definition) is 0. The largest absolute Gasteiger partial charge is 0.461 e. The lowest BCUT2D eigenvalue weighted by molar-refractivity contribution is -0.128. The number of nitriles is 2. The first-order valence-corrected chi connectivity index (χ1v) is 9.66. The van der Waals surface area contributed by atoms with Gasteiger partial charge in [-0.2, -0.15) is 10.5 Å². The molecule has 0 aliphatic carbocycles. The smallest absolute Gasteiger partial charge is 0.233 e. The molecule has 0 fully saturated rings. The van der Waals surface area contributed by atoms with Crippen LogP contribution in [0.25, 0.3) is 22.5 Å². The van der Waals surface area contributed by atoms with Gasteiger partial charge in [0.15, 0.2) is 11.6 Å². The molecule has 0 aliphatic heterocycles. The van der Waals surface area contributed by atoms with Crippen molar-refractivity contribution >= 4 is 28.6 Å². The van der Waals surface area contributed by atoms with Gasteiger partial charge >= 0.3 is 0 Å². The molecule has 0 saturated heterocycles. The van der Waals surface area contributed by atoms with Gasteiger partial charge < -0.3 is 9.32 Å². The fourth-order valence-electron chi connectivity index (χ4n) is 2.63. The third-order valence-corrected chi connectivity index (χ3v) is 4.96. The van der Waals surface area contributed by atoms with Crippen molar-refractivity contribution in [3.63, 3.8) is 0 Å². The number of rotatable bonds is 8. The molecule has 0 N–H and O–H groups in total. The molecule has 140 valence electrons. The minimum absolute atomic E-state index is 0.127. The number of amides is 1. The molecule has 0 atom stereocenters. The van der Waals surface area contributed by atoms with E-state index in [0.29, 0.717) is 29.7 Å². The van der Waals surface area contributed by atoms with Gasteiger partial charge in [-0.3, -0.25) is 4.79 Å². The topological polar surface area (TPSA) is 107 Å². The van der Waals surface area contributed by atoms with Crippen molar-refractivity contribution in [3.05, 3.63) is 42.7 Å². The maximum atomic E-state index is 12.6. The maximum Gasteiger partial charge on any atom is 0.233 e. The van der Waals surface area contributed by atoms with Gasteiger partial charge in [0.25, 0.3) is 0 Å². The summed E-state index contributed by atoms with van der Waals surface area (Å²) in [5, 5.41) is 19.1. The molecule has 0 bridgehead atoms. The third-order valence-electron chi connectivity index (χ3n) is 3.98. The molecule has 0 saturated carbocycles. The van der Waals surface area contributed by atoms with Gasteiger partial charge in [-0.05, 0) is 18.2 Å². The minimum Gasteiger partial charge on any atom is -0.461 e. The molecule has 0 spiro atoms. The normalized spacial score (nSPS) is 10.4. The number of thioether (sulfide) groups is 1. The highest BCUT2D eigenvalue weighted by molar-refractivity contribution is 8.00. The number of carbonyl (C=O) groups is 1. The van der Waals surface area contributed by atoms with E-state index in [1.807, 2.05) is 36.4 Å². The molecule has 2 heterocycles. The van der Waals surface area contributed by atoms with Crippen LogP contribution in [0.15, 0.2) is 52.1 Å². The summed E-state index contributed by atoms with van der Waals surface area (Å²) in [5.74, 6) is 1.06. The summed E-state index contributed by atoms with van der Waals surface area (Å²) in [7, 11) is 0. The van der Waals surface area contributed by atoms with Crippen LogP contribution in [0.3, 0.4) is 0 Å². The van der Waals surface area contributed by atoms with Crippen molar-refractivity contribution in [1.82, 2.24) is 14.9 Å². The number of hydrogen-bond acceptors (Lipinski definition) is 7. The zero-order chi connectivity index (χ0) is 19.8.